The Kier molecular flexibility index (Phi) is 7.33. The fraction of sp³-hybridized carbons (Fsp3) is 0.300. The number of carbonyl (C=O) groups excluding carboxylic acids is 1. The summed E-state index contributed by atoms with van der Waals surface area (Å²) in [7, 11) is 1.71. The molecule has 1 unspecified atom stereocenters. The summed E-state index contributed by atoms with van der Waals surface area (Å²) in [5.74, 6) is -1.54. The first-order chi connectivity index (χ1) is 13.6. The molecule has 9 heteroatoms. The van der Waals surface area contributed by atoms with E-state index in [1.54, 1.807) is 19.2 Å². The van der Waals surface area contributed by atoms with Crippen LogP contribution in [0.2, 0.25) is 0 Å². The largest absolute Gasteiger partial charge is 0.416 e. The fourth-order valence-corrected chi connectivity index (χ4v) is 2.87. The van der Waals surface area contributed by atoms with Gasteiger partial charge in [0.1, 0.15) is 5.82 Å². The van der Waals surface area contributed by atoms with Crippen LogP contribution in [0.3, 0.4) is 0 Å². The molecule has 2 rings (SSSR count). The molecule has 2 aromatic rings. The quantitative estimate of drug-likeness (QED) is 0.459. The van der Waals surface area contributed by atoms with Gasteiger partial charge in [0, 0.05) is 41.8 Å². The van der Waals surface area contributed by atoms with E-state index in [1.165, 1.54) is 12.4 Å². The molecule has 0 saturated carbocycles. The summed E-state index contributed by atoms with van der Waals surface area (Å²) in [5.41, 5.74) is 5.87. The maximum atomic E-state index is 13.6. The van der Waals surface area contributed by atoms with E-state index in [4.69, 9.17) is 5.73 Å². The molecule has 5 nitrogen and oxygen atoms in total. The number of hydrogen-bond acceptors (Lipinski definition) is 4. The molecule has 0 aliphatic carbocycles. The minimum absolute atomic E-state index is 0.0108. The maximum Gasteiger partial charge on any atom is 0.416 e. The Morgan fingerprint density at radius 2 is 2.00 bits per heavy atom. The second-order valence-electron chi connectivity index (χ2n) is 6.42. The van der Waals surface area contributed by atoms with E-state index in [-0.39, 0.29) is 18.0 Å². The van der Waals surface area contributed by atoms with Crippen molar-refractivity contribution in [3.63, 3.8) is 0 Å². The molecular formula is C20H22F4N4O. The highest BCUT2D eigenvalue weighted by Crippen LogP contribution is 2.31. The first-order valence-corrected chi connectivity index (χ1v) is 8.89. The van der Waals surface area contributed by atoms with Gasteiger partial charge in [-0.15, -0.1) is 0 Å². The number of nitrogens with one attached hydrogen (secondary N) is 2. The normalized spacial score (nSPS) is 13.2. The van der Waals surface area contributed by atoms with E-state index in [1.807, 2.05) is 6.92 Å². The van der Waals surface area contributed by atoms with Crippen LogP contribution in [-0.2, 0) is 17.4 Å². The lowest BCUT2D eigenvalue weighted by Crippen LogP contribution is -2.34. The number of likely N-dealkylation sites (N-methyl/N-ethyl adjacent to an activating group) is 1. The van der Waals surface area contributed by atoms with Crippen LogP contribution in [-0.4, -0.2) is 24.0 Å². The van der Waals surface area contributed by atoms with E-state index >= 15 is 0 Å². The number of pyridine rings is 1. The summed E-state index contributed by atoms with van der Waals surface area (Å²) >= 11 is 0. The topological polar surface area (TPSA) is 80.0 Å². The Hall–Kier alpha value is -2.94. The Bertz CT molecular complexity index is 892. The van der Waals surface area contributed by atoms with Crippen LogP contribution in [0.1, 0.15) is 30.2 Å². The molecule has 0 aliphatic heterocycles. The Morgan fingerprint density at radius 3 is 2.59 bits per heavy atom. The van der Waals surface area contributed by atoms with Gasteiger partial charge in [0.2, 0.25) is 5.91 Å². The Morgan fingerprint density at radius 1 is 1.28 bits per heavy atom. The number of alkyl halides is 3. The third-order valence-electron chi connectivity index (χ3n) is 4.30. The third kappa shape index (κ3) is 6.28. The van der Waals surface area contributed by atoms with Gasteiger partial charge in [-0.2, -0.15) is 13.2 Å². The zero-order valence-corrected chi connectivity index (χ0v) is 16.0. The van der Waals surface area contributed by atoms with Crippen molar-refractivity contribution in [1.82, 2.24) is 10.3 Å². The molecule has 1 aromatic carbocycles. The molecule has 4 N–H and O–H groups in total. The number of amides is 1. The molecule has 0 saturated heterocycles. The lowest BCUT2D eigenvalue weighted by molar-refractivity contribution is -0.137. The van der Waals surface area contributed by atoms with E-state index < -0.39 is 23.5 Å². The summed E-state index contributed by atoms with van der Waals surface area (Å²) in [4.78, 5) is 15.8. The molecule has 0 aliphatic rings. The summed E-state index contributed by atoms with van der Waals surface area (Å²) < 4.78 is 52.2. The smallest absolute Gasteiger partial charge is 0.366 e. The number of hydrogen-bond donors (Lipinski definition) is 3. The zero-order chi connectivity index (χ0) is 21.6. The number of carbonyl (C=O) groups is 1. The summed E-state index contributed by atoms with van der Waals surface area (Å²) in [6.45, 7) is 1.90. The minimum atomic E-state index is -4.63. The predicted molar refractivity (Wildman–Crippen MR) is 102 cm³/mol. The average Bonchev–Trinajstić information content (AvgIpc) is 2.64. The molecule has 1 atom stereocenters. The number of anilines is 1. The molecule has 1 aromatic heterocycles. The van der Waals surface area contributed by atoms with Crippen LogP contribution in [0.5, 0.6) is 0 Å². The van der Waals surface area contributed by atoms with Crippen LogP contribution < -0.4 is 16.4 Å². The van der Waals surface area contributed by atoms with E-state index in [0.29, 0.717) is 29.4 Å². The third-order valence-corrected chi connectivity index (χ3v) is 4.30. The van der Waals surface area contributed by atoms with Crippen LogP contribution in [0.15, 0.2) is 48.3 Å². The number of aromatic nitrogens is 1. The van der Waals surface area contributed by atoms with Crippen molar-refractivity contribution in [2.75, 3.05) is 12.4 Å². The SMILES string of the molecule is CCC(NC)/C(=C\Nc1ccnc(Cc2cc(F)cc(C(F)(F)F)c2)c1)C(N)=O. The molecule has 0 spiro atoms. The van der Waals surface area contributed by atoms with Crippen LogP contribution in [0.4, 0.5) is 23.2 Å². The van der Waals surface area contributed by atoms with Crippen molar-refractivity contribution in [2.45, 2.75) is 32.0 Å². The molecule has 0 radical (unpaired) electrons. The molecule has 1 amide bonds. The molecule has 0 fully saturated rings. The first-order valence-electron chi connectivity index (χ1n) is 8.89. The zero-order valence-electron chi connectivity index (χ0n) is 16.0. The van der Waals surface area contributed by atoms with Gasteiger partial charge in [-0.1, -0.05) is 6.92 Å². The number of rotatable bonds is 8. The van der Waals surface area contributed by atoms with Crippen LogP contribution in [0.25, 0.3) is 0 Å². The molecule has 156 valence electrons. The van der Waals surface area contributed by atoms with E-state index in [0.717, 1.165) is 12.1 Å². The number of nitrogens with zero attached hydrogens (tertiary/aromatic N) is 1. The van der Waals surface area contributed by atoms with E-state index in [2.05, 4.69) is 15.6 Å². The highest BCUT2D eigenvalue weighted by Gasteiger charge is 2.31. The van der Waals surface area contributed by atoms with Crippen molar-refractivity contribution in [2.24, 2.45) is 5.73 Å². The van der Waals surface area contributed by atoms with Gasteiger partial charge in [0.25, 0.3) is 0 Å². The predicted octanol–water partition coefficient (Wildman–Crippen LogP) is 3.61. The van der Waals surface area contributed by atoms with Gasteiger partial charge in [-0.05, 0) is 49.4 Å². The first kappa shape index (κ1) is 22.4. The Balaban J connectivity index is 2.23. The molecule has 1 heterocycles. The van der Waals surface area contributed by atoms with Gasteiger partial charge in [-0.3, -0.25) is 9.78 Å². The number of benzene rings is 1. The molecule has 29 heavy (non-hydrogen) atoms. The average molecular weight is 410 g/mol. The number of halogens is 4. The van der Waals surface area contributed by atoms with Crippen molar-refractivity contribution < 1.29 is 22.4 Å². The summed E-state index contributed by atoms with van der Waals surface area (Å²) in [6, 6.07) is 5.40. The van der Waals surface area contributed by atoms with Crippen molar-refractivity contribution >= 4 is 11.6 Å². The molecule has 0 bridgehead atoms. The van der Waals surface area contributed by atoms with Crippen molar-refractivity contribution in [3.05, 3.63) is 70.9 Å². The van der Waals surface area contributed by atoms with Crippen molar-refractivity contribution in [3.8, 4) is 0 Å². The lowest BCUT2D eigenvalue weighted by atomic mass is 10.0. The fourth-order valence-electron chi connectivity index (χ4n) is 2.87. The Labute approximate surface area is 166 Å². The summed E-state index contributed by atoms with van der Waals surface area (Å²) in [5, 5.41) is 5.94. The second kappa shape index (κ2) is 9.51. The van der Waals surface area contributed by atoms with Gasteiger partial charge in [-0.25, -0.2) is 4.39 Å². The van der Waals surface area contributed by atoms with Gasteiger partial charge in [0.15, 0.2) is 0 Å². The number of primary amides is 1. The van der Waals surface area contributed by atoms with E-state index in [9.17, 15) is 22.4 Å². The lowest BCUT2D eigenvalue weighted by Gasteiger charge is -2.16. The number of nitrogens with two attached hydrogens (primary N) is 1. The standard InChI is InChI=1S/C20H22F4N4O/c1-3-18(26-2)17(19(25)29)11-28-15-4-5-27-16(10-15)8-12-6-13(20(22,23)24)9-14(21)7-12/h4-7,9-11,18,26H,3,8H2,1-2H3,(H2,25,29)(H,27,28)/b17-11+. The molecular weight excluding hydrogens is 388 g/mol. The minimum Gasteiger partial charge on any atom is -0.366 e. The van der Waals surface area contributed by atoms with Gasteiger partial charge in [0.05, 0.1) is 5.56 Å². The van der Waals surface area contributed by atoms with Gasteiger partial charge < -0.3 is 16.4 Å². The van der Waals surface area contributed by atoms with Crippen LogP contribution >= 0.6 is 0 Å². The maximum absolute atomic E-state index is 13.6. The summed E-state index contributed by atoms with van der Waals surface area (Å²) in [6.07, 6.45) is -1.02. The van der Waals surface area contributed by atoms with Crippen molar-refractivity contribution in [1.29, 1.82) is 0 Å². The van der Waals surface area contributed by atoms with Gasteiger partial charge >= 0.3 is 6.18 Å². The highest BCUT2D eigenvalue weighted by molar-refractivity contribution is 5.93. The second-order valence-corrected chi connectivity index (χ2v) is 6.42. The van der Waals surface area contributed by atoms with Crippen LogP contribution in [0, 0.1) is 5.82 Å². The monoisotopic (exact) mass is 410 g/mol. The highest BCUT2D eigenvalue weighted by atomic mass is 19.4.